The molecule has 158 valence electrons. The van der Waals surface area contributed by atoms with E-state index in [1.165, 1.54) is 0 Å². The first-order chi connectivity index (χ1) is 15.2. The fraction of sp³-hybridized carbons (Fsp3) is 0.304. The zero-order valence-corrected chi connectivity index (χ0v) is 17.5. The Morgan fingerprint density at radius 3 is 2.94 bits per heavy atom. The van der Waals surface area contributed by atoms with Crippen molar-refractivity contribution >= 4 is 22.8 Å². The molecule has 8 heteroatoms. The van der Waals surface area contributed by atoms with Crippen LogP contribution in [0.25, 0.3) is 22.4 Å². The van der Waals surface area contributed by atoms with Crippen LogP contribution in [0.4, 0.5) is 5.82 Å². The molecule has 1 aliphatic carbocycles. The van der Waals surface area contributed by atoms with E-state index in [1.807, 2.05) is 41.2 Å². The van der Waals surface area contributed by atoms with Gasteiger partial charge in [-0.15, -0.1) is 0 Å². The SMILES string of the molecule is CCCn1ccc(NC(=O)c2cc(C3CC3)nc3onc(-c4cccc(OC)c4)c23)n1. The predicted octanol–water partition coefficient (Wildman–Crippen LogP) is 4.63. The van der Waals surface area contributed by atoms with Gasteiger partial charge >= 0.3 is 0 Å². The van der Waals surface area contributed by atoms with E-state index in [-0.39, 0.29) is 5.91 Å². The highest BCUT2D eigenvalue weighted by Gasteiger charge is 2.29. The lowest BCUT2D eigenvalue weighted by Gasteiger charge is -2.08. The van der Waals surface area contributed by atoms with E-state index in [1.54, 1.807) is 13.2 Å². The summed E-state index contributed by atoms with van der Waals surface area (Å²) in [6, 6.07) is 11.2. The summed E-state index contributed by atoms with van der Waals surface area (Å²) >= 11 is 0. The van der Waals surface area contributed by atoms with Crippen LogP contribution in [-0.4, -0.2) is 32.9 Å². The number of rotatable bonds is 7. The van der Waals surface area contributed by atoms with Gasteiger partial charge in [0.1, 0.15) is 11.4 Å². The molecule has 3 heterocycles. The van der Waals surface area contributed by atoms with Crippen LogP contribution in [0.15, 0.2) is 47.1 Å². The first-order valence-corrected chi connectivity index (χ1v) is 10.5. The number of pyridine rings is 1. The number of anilines is 1. The van der Waals surface area contributed by atoms with E-state index in [0.717, 1.165) is 37.1 Å². The van der Waals surface area contributed by atoms with Crippen LogP contribution in [0.3, 0.4) is 0 Å². The molecule has 1 amide bonds. The third-order valence-corrected chi connectivity index (χ3v) is 5.38. The molecule has 1 aromatic carbocycles. The van der Waals surface area contributed by atoms with Crippen molar-refractivity contribution in [2.24, 2.45) is 0 Å². The van der Waals surface area contributed by atoms with Gasteiger partial charge in [-0.1, -0.05) is 24.2 Å². The van der Waals surface area contributed by atoms with Crippen LogP contribution >= 0.6 is 0 Å². The highest BCUT2D eigenvalue weighted by molar-refractivity contribution is 6.14. The molecule has 1 saturated carbocycles. The van der Waals surface area contributed by atoms with Crippen molar-refractivity contribution < 1.29 is 14.1 Å². The Labute approximate surface area is 179 Å². The van der Waals surface area contributed by atoms with E-state index in [0.29, 0.717) is 39.8 Å². The lowest BCUT2D eigenvalue weighted by molar-refractivity contribution is 0.102. The Hall–Kier alpha value is -3.68. The maximum absolute atomic E-state index is 13.3. The maximum atomic E-state index is 13.3. The summed E-state index contributed by atoms with van der Waals surface area (Å²) in [5.41, 5.74) is 3.06. The second-order valence-electron chi connectivity index (χ2n) is 7.73. The zero-order valence-electron chi connectivity index (χ0n) is 17.5. The molecule has 5 rings (SSSR count). The molecule has 0 spiro atoms. The molecule has 31 heavy (non-hydrogen) atoms. The van der Waals surface area contributed by atoms with Crippen LogP contribution in [-0.2, 0) is 6.54 Å². The van der Waals surface area contributed by atoms with Crippen LogP contribution in [0, 0.1) is 0 Å². The van der Waals surface area contributed by atoms with Gasteiger partial charge < -0.3 is 14.6 Å². The van der Waals surface area contributed by atoms with Crippen molar-refractivity contribution in [3.05, 3.63) is 53.9 Å². The number of aromatic nitrogens is 4. The number of nitrogens with one attached hydrogen (secondary N) is 1. The first-order valence-electron chi connectivity index (χ1n) is 10.5. The standard InChI is InChI=1S/C23H23N5O3/c1-3-10-28-11-9-19(26-28)25-22(29)17-13-18(14-7-8-14)24-23-20(17)21(27-31-23)15-5-4-6-16(12-15)30-2/h4-6,9,11-14H,3,7-8,10H2,1-2H3,(H,25,26,29). The van der Waals surface area contributed by atoms with Gasteiger partial charge in [-0.25, -0.2) is 4.98 Å². The first kappa shape index (κ1) is 19.3. The molecule has 4 aromatic rings. The quantitative estimate of drug-likeness (QED) is 0.471. The smallest absolute Gasteiger partial charge is 0.259 e. The normalized spacial score (nSPS) is 13.5. The number of methoxy groups -OCH3 is 1. The maximum Gasteiger partial charge on any atom is 0.259 e. The van der Waals surface area contributed by atoms with Gasteiger partial charge in [-0.2, -0.15) is 5.10 Å². The van der Waals surface area contributed by atoms with Crippen LogP contribution < -0.4 is 10.1 Å². The van der Waals surface area contributed by atoms with Gasteiger partial charge in [-0.3, -0.25) is 9.48 Å². The van der Waals surface area contributed by atoms with Gasteiger partial charge in [0.2, 0.25) is 0 Å². The third-order valence-electron chi connectivity index (χ3n) is 5.38. The second kappa shape index (κ2) is 7.86. The number of hydrogen-bond acceptors (Lipinski definition) is 6. The van der Waals surface area contributed by atoms with Crippen LogP contribution in [0.5, 0.6) is 5.75 Å². The van der Waals surface area contributed by atoms with Gasteiger partial charge in [0.25, 0.3) is 11.6 Å². The van der Waals surface area contributed by atoms with E-state index >= 15 is 0 Å². The summed E-state index contributed by atoms with van der Waals surface area (Å²) < 4.78 is 12.7. The van der Waals surface area contributed by atoms with E-state index in [4.69, 9.17) is 9.26 Å². The average Bonchev–Trinajstić information content (AvgIpc) is 3.41. The number of ether oxygens (including phenoxy) is 1. The number of aryl methyl sites for hydroxylation is 1. The van der Waals surface area contributed by atoms with Crippen molar-refractivity contribution in [3.8, 4) is 17.0 Å². The summed E-state index contributed by atoms with van der Waals surface area (Å²) in [5.74, 6) is 1.31. The Bertz CT molecular complexity index is 1260. The number of hydrogen-bond donors (Lipinski definition) is 1. The van der Waals surface area contributed by atoms with Gasteiger partial charge in [0.05, 0.1) is 18.1 Å². The van der Waals surface area contributed by atoms with Gasteiger partial charge in [-0.05, 0) is 37.5 Å². The van der Waals surface area contributed by atoms with Crippen molar-refractivity contribution in [2.45, 2.75) is 38.6 Å². The second-order valence-corrected chi connectivity index (χ2v) is 7.73. The zero-order chi connectivity index (χ0) is 21.4. The molecule has 0 unspecified atom stereocenters. The number of benzene rings is 1. The lowest BCUT2D eigenvalue weighted by Crippen LogP contribution is -2.14. The number of fused-ring (bicyclic) bond motifs is 1. The van der Waals surface area contributed by atoms with E-state index in [2.05, 4.69) is 27.5 Å². The van der Waals surface area contributed by atoms with Crippen molar-refractivity contribution in [3.63, 3.8) is 0 Å². The summed E-state index contributed by atoms with van der Waals surface area (Å²) in [6.07, 6.45) is 4.96. The molecule has 8 nitrogen and oxygen atoms in total. The van der Waals surface area contributed by atoms with E-state index < -0.39 is 0 Å². The highest BCUT2D eigenvalue weighted by atomic mass is 16.5. The molecule has 0 aliphatic heterocycles. The Kier molecular flexibility index (Phi) is 4.89. The minimum absolute atomic E-state index is 0.261. The molecular formula is C23H23N5O3. The summed E-state index contributed by atoms with van der Waals surface area (Å²) in [5, 5.41) is 12.2. The highest BCUT2D eigenvalue weighted by Crippen LogP contribution is 2.41. The summed E-state index contributed by atoms with van der Waals surface area (Å²) in [4.78, 5) is 18.0. The summed E-state index contributed by atoms with van der Waals surface area (Å²) in [7, 11) is 1.61. The predicted molar refractivity (Wildman–Crippen MR) is 116 cm³/mol. The monoisotopic (exact) mass is 417 g/mol. The molecule has 0 atom stereocenters. The van der Waals surface area contributed by atoms with E-state index in [9.17, 15) is 4.79 Å². The Balaban J connectivity index is 1.58. The fourth-order valence-corrected chi connectivity index (χ4v) is 3.67. The van der Waals surface area contributed by atoms with Crippen molar-refractivity contribution in [1.29, 1.82) is 0 Å². The van der Waals surface area contributed by atoms with Gasteiger partial charge in [0, 0.05) is 36.0 Å². The summed E-state index contributed by atoms with van der Waals surface area (Å²) in [6.45, 7) is 2.88. The molecule has 0 saturated heterocycles. The molecule has 0 radical (unpaired) electrons. The van der Waals surface area contributed by atoms with Gasteiger partial charge in [0.15, 0.2) is 5.82 Å². The molecule has 3 aromatic heterocycles. The number of nitrogens with zero attached hydrogens (tertiary/aromatic N) is 4. The Morgan fingerprint density at radius 2 is 2.16 bits per heavy atom. The largest absolute Gasteiger partial charge is 0.497 e. The molecule has 0 bridgehead atoms. The molecular weight excluding hydrogens is 394 g/mol. The number of amides is 1. The topological polar surface area (TPSA) is 95.1 Å². The van der Waals surface area contributed by atoms with Crippen LogP contribution in [0.1, 0.15) is 48.2 Å². The fourth-order valence-electron chi connectivity index (χ4n) is 3.67. The minimum atomic E-state index is -0.261. The molecule has 1 N–H and O–H groups in total. The van der Waals surface area contributed by atoms with Crippen molar-refractivity contribution in [1.82, 2.24) is 19.9 Å². The number of carbonyl (C=O) groups is 1. The average molecular weight is 417 g/mol. The Morgan fingerprint density at radius 1 is 1.29 bits per heavy atom. The third kappa shape index (κ3) is 3.76. The minimum Gasteiger partial charge on any atom is -0.497 e. The molecule has 1 aliphatic rings. The van der Waals surface area contributed by atoms with Crippen molar-refractivity contribution in [2.75, 3.05) is 12.4 Å². The molecule has 1 fully saturated rings. The van der Waals surface area contributed by atoms with Crippen LogP contribution in [0.2, 0.25) is 0 Å². The number of carbonyl (C=O) groups excluding carboxylic acids is 1. The lowest BCUT2D eigenvalue weighted by atomic mass is 10.0.